The van der Waals surface area contributed by atoms with E-state index in [4.69, 9.17) is 9.47 Å². The van der Waals surface area contributed by atoms with E-state index in [2.05, 4.69) is 36.7 Å². The summed E-state index contributed by atoms with van der Waals surface area (Å²) in [6, 6.07) is 6.02. The van der Waals surface area contributed by atoms with Crippen molar-refractivity contribution in [2.24, 2.45) is 5.41 Å². The smallest absolute Gasteiger partial charge is 0.302 e. The largest absolute Gasteiger partial charge is 0.496 e. The number of methoxy groups -OCH3 is 1. The van der Waals surface area contributed by atoms with Gasteiger partial charge in [-0.05, 0) is 45.5 Å². The van der Waals surface area contributed by atoms with Gasteiger partial charge in [-0.2, -0.15) is 0 Å². The molecule has 0 spiro atoms. The third-order valence-electron chi connectivity index (χ3n) is 2.99. The molecular weight excluding hydrogens is 320 g/mol. The van der Waals surface area contributed by atoms with Crippen LogP contribution in [0.1, 0.15) is 45.6 Å². The predicted molar refractivity (Wildman–Crippen MR) is 84.1 cm³/mol. The lowest BCUT2D eigenvalue weighted by Gasteiger charge is -2.26. The fourth-order valence-electron chi connectivity index (χ4n) is 2.16. The van der Waals surface area contributed by atoms with Crippen LogP contribution in [0.4, 0.5) is 0 Å². The zero-order chi connectivity index (χ0) is 15.3. The summed E-state index contributed by atoms with van der Waals surface area (Å²) in [4.78, 5) is 11.1. The molecule has 0 radical (unpaired) electrons. The maximum absolute atomic E-state index is 11.1. The Morgan fingerprint density at radius 2 is 2.00 bits per heavy atom. The molecule has 1 rings (SSSR count). The molecular formula is C16H23BrO3. The van der Waals surface area contributed by atoms with Gasteiger partial charge in [0.15, 0.2) is 0 Å². The highest BCUT2D eigenvalue weighted by Crippen LogP contribution is 2.35. The minimum Gasteiger partial charge on any atom is -0.496 e. The summed E-state index contributed by atoms with van der Waals surface area (Å²) in [7, 11) is 1.65. The van der Waals surface area contributed by atoms with E-state index in [1.54, 1.807) is 7.11 Å². The average Bonchev–Trinajstić information content (AvgIpc) is 2.33. The zero-order valence-electron chi connectivity index (χ0n) is 12.8. The van der Waals surface area contributed by atoms with Crippen molar-refractivity contribution in [2.45, 2.75) is 40.0 Å². The van der Waals surface area contributed by atoms with Gasteiger partial charge in [-0.15, -0.1) is 0 Å². The molecule has 0 heterocycles. The highest BCUT2D eigenvalue weighted by Gasteiger charge is 2.22. The Kier molecular flexibility index (Phi) is 6.06. The average molecular weight is 343 g/mol. The molecule has 0 aliphatic carbocycles. The highest BCUT2D eigenvalue weighted by molar-refractivity contribution is 9.10. The Labute approximate surface area is 129 Å². The molecule has 0 unspecified atom stereocenters. The van der Waals surface area contributed by atoms with Crippen LogP contribution >= 0.6 is 15.9 Å². The molecule has 0 bridgehead atoms. The molecule has 20 heavy (non-hydrogen) atoms. The monoisotopic (exact) mass is 342 g/mol. The van der Waals surface area contributed by atoms with Gasteiger partial charge in [0.2, 0.25) is 0 Å². The molecule has 0 amide bonds. The fraction of sp³-hybridized carbons (Fsp3) is 0.562. The second-order valence-electron chi connectivity index (χ2n) is 6.16. The number of carbonyl (C=O) groups excluding carboxylic acids is 1. The highest BCUT2D eigenvalue weighted by atomic mass is 79.9. The summed E-state index contributed by atoms with van der Waals surface area (Å²) in [6.45, 7) is 8.39. The number of halogens is 1. The second kappa shape index (κ2) is 7.11. The van der Waals surface area contributed by atoms with Crippen LogP contribution < -0.4 is 4.74 Å². The van der Waals surface area contributed by atoms with Crippen LogP contribution in [0, 0.1) is 5.41 Å². The van der Waals surface area contributed by atoms with Gasteiger partial charge in [-0.25, -0.2) is 0 Å². The van der Waals surface area contributed by atoms with Crippen molar-refractivity contribution in [2.75, 3.05) is 13.7 Å². The van der Waals surface area contributed by atoms with Crippen LogP contribution in [0.25, 0.3) is 0 Å². The molecule has 0 saturated heterocycles. The van der Waals surface area contributed by atoms with Crippen LogP contribution in [-0.2, 0) is 9.53 Å². The van der Waals surface area contributed by atoms with Gasteiger partial charge in [0.25, 0.3) is 0 Å². The fourth-order valence-corrected chi connectivity index (χ4v) is 2.57. The van der Waals surface area contributed by atoms with Gasteiger partial charge >= 0.3 is 5.97 Å². The quantitative estimate of drug-likeness (QED) is 0.737. The molecule has 112 valence electrons. The molecule has 1 aromatic rings. The molecule has 0 saturated carbocycles. The van der Waals surface area contributed by atoms with Gasteiger partial charge < -0.3 is 9.47 Å². The Balaban J connectivity index is 2.99. The first kappa shape index (κ1) is 17.0. The van der Waals surface area contributed by atoms with E-state index in [9.17, 15) is 4.79 Å². The molecule has 0 aliphatic heterocycles. The minimum absolute atomic E-state index is 0.158. The lowest BCUT2D eigenvalue weighted by Crippen LogP contribution is -2.18. The van der Waals surface area contributed by atoms with Gasteiger partial charge in [-0.1, -0.05) is 26.8 Å². The molecule has 0 fully saturated rings. The summed E-state index contributed by atoms with van der Waals surface area (Å²) in [5.74, 6) is 0.720. The van der Waals surface area contributed by atoms with E-state index in [1.165, 1.54) is 6.92 Å². The van der Waals surface area contributed by atoms with Crippen molar-refractivity contribution in [3.8, 4) is 5.75 Å². The maximum Gasteiger partial charge on any atom is 0.302 e. The summed E-state index contributed by atoms with van der Waals surface area (Å²) < 4.78 is 11.5. The minimum atomic E-state index is -0.243. The summed E-state index contributed by atoms with van der Waals surface area (Å²) in [5.41, 5.74) is 1.28. The van der Waals surface area contributed by atoms with Gasteiger partial charge in [0.05, 0.1) is 18.2 Å². The molecule has 1 aromatic carbocycles. The summed E-state index contributed by atoms with van der Waals surface area (Å²) in [6.07, 6.45) is 0.936. The van der Waals surface area contributed by atoms with E-state index < -0.39 is 0 Å². The molecule has 0 aromatic heterocycles. The number of esters is 1. The van der Waals surface area contributed by atoms with Crippen LogP contribution in [0.2, 0.25) is 0 Å². The number of hydrogen-bond acceptors (Lipinski definition) is 3. The lowest BCUT2D eigenvalue weighted by atomic mass is 9.82. The van der Waals surface area contributed by atoms with E-state index in [-0.39, 0.29) is 17.3 Å². The van der Waals surface area contributed by atoms with E-state index in [0.717, 1.165) is 22.2 Å². The van der Waals surface area contributed by atoms with Crippen LogP contribution in [0.5, 0.6) is 5.75 Å². The summed E-state index contributed by atoms with van der Waals surface area (Å²) in [5, 5.41) is 0. The maximum atomic E-state index is 11.1. The normalized spacial score (nSPS) is 12.9. The van der Waals surface area contributed by atoms with Crippen LogP contribution in [0.3, 0.4) is 0 Å². The van der Waals surface area contributed by atoms with Crippen molar-refractivity contribution in [3.05, 3.63) is 28.2 Å². The molecule has 4 heteroatoms. The third kappa shape index (κ3) is 5.53. The van der Waals surface area contributed by atoms with Crippen molar-refractivity contribution in [1.82, 2.24) is 0 Å². The van der Waals surface area contributed by atoms with Crippen molar-refractivity contribution < 1.29 is 14.3 Å². The van der Waals surface area contributed by atoms with E-state index in [1.807, 2.05) is 18.2 Å². The van der Waals surface area contributed by atoms with E-state index in [0.29, 0.717) is 6.61 Å². The Bertz CT molecular complexity index is 463. The third-order valence-corrected chi connectivity index (χ3v) is 3.65. The van der Waals surface area contributed by atoms with Crippen LogP contribution in [-0.4, -0.2) is 19.7 Å². The lowest BCUT2D eigenvalue weighted by molar-refractivity contribution is -0.141. The topological polar surface area (TPSA) is 35.5 Å². The van der Waals surface area contributed by atoms with Gasteiger partial charge in [-0.3, -0.25) is 4.79 Å². The molecule has 0 N–H and O–H groups in total. The number of benzene rings is 1. The van der Waals surface area contributed by atoms with Crippen molar-refractivity contribution in [1.29, 1.82) is 0 Å². The number of ether oxygens (including phenoxy) is 2. The standard InChI is InChI=1S/C16H23BrO3/c1-11(18)20-10-13(9-16(2,3)4)12-6-7-14(17)15(8-12)19-5/h6-8,13H,9-10H2,1-5H3/t13-/m1/s1. The van der Waals surface area contributed by atoms with Crippen molar-refractivity contribution in [3.63, 3.8) is 0 Å². The predicted octanol–water partition coefficient (Wildman–Crippen LogP) is 4.54. The van der Waals surface area contributed by atoms with Gasteiger partial charge in [0.1, 0.15) is 5.75 Å². The first-order valence-electron chi connectivity index (χ1n) is 6.70. The Hall–Kier alpha value is -1.03. The first-order chi connectivity index (χ1) is 9.23. The van der Waals surface area contributed by atoms with Crippen molar-refractivity contribution >= 4 is 21.9 Å². The Morgan fingerprint density at radius 1 is 1.35 bits per heavy atom. The SMILES string of the molecule is COc1cc([C@@H](COC(C)=O)CC(C)(C)C)ccc1Br. The zero-order valence-corrected chi connectivity index (χ0v) is 14.4. The van der Waals surface area contributed by atoms with Gasteiger partial charge in [0, 0.05) is 12.8 Å². The number of carbonyl (C=O) groups is 1. The number of rotatable bonds is 5. The number of hydrogen-bond donors (Lipinski definition) is 0. The molecule has 3 nitrogen and oxygen atoms in total. The van der Waals surface area contributed by atoms with Crippen LogP contribution in [0.15, 0.2) is 22.7 Å². The van der Waals surface area contributed by atoms with E-state index >= 15 is 0 Å². The first-order valence-corrected chi connectivity index (χ1v) is 7.49. The molecule has 0 aliphatic rings. The second-order valence-corrected chi connectivity index (χ2v) is 7.01. The molecule has 1 atom stereocenters. The Morgan fingerprint density at radius 3 is 2.50 bits per heavy atom. The summed E-state index contributed by atoms with van der Waals surface area (Å²) >= 11 is 3.45.